The van der Waals surface area contributed by atoms with Crippen molar-refractivity contribution in [2.24, 2.45) is 0 Å². The minimum Gasteiger partial charge on any atom is -0.477 e. The molecule has 0 bridgehead atoms. The van der Waals surface area contributed by atoms with E-state index < -0.39 is 71.3 Å². The van der Waals surface area contributed by atoms with Gasteiger partial charge < -0.3 is 9.47 Å². The number of rotatable bonds is 7. The van der Waals surface area contributed by atoms with Crippen LogP contribution in [0.15, 0.2) is 24.3 Å². The summed E-state index contributed by atoms with van der Waals surface area (Å²) in [6.45, 7) is -2.17. The van der Waals surface area contributed by atoms with Gasteiger partial charge in [-0.25, -0.2) is 13.6 Å². The highest BCUT2D eigenvalue weighted by atomic mass is 19.4. The number of halogens is 11. The van der Waals surface area contributed by atoms with Crippen molar-refractivity contribution in [1.29, 1.82) is 0 Å². The first-order chi connectivity index (χ1) is 14.5. The summed E-state index contributed by atoms with van der Waals surface area (Å²) in [5.74, 6) is -22.2. The third-order valence-corrected chi connectivity index (χ3v) is 4.45. The SMILES string of the molecule is CCOC(=O)C1=CC(CF)(CF)Oc2ccc(C(F)(F)C(F)(F)C(F)(F)C(F)(F)F)cc21. The second kappa shape index (κ2) is 8.10. The molecule has 1 aliphatic rings. The second-order valence-electron chi connectivity index (χ2n) is 6.64. The van der Waals surface area contributed by atoms with Gasteiger partial charge in [-0.15, -0.1) is 0 Å². The first-order valence-electron chi connectivity index (χ1n) is 8.57. The van der Waals surface area contributed by atoms with Crippen molar-refractivity contribution >= 4 is 11.5 Å². The maximum Gasteiger partial charge on any atom is 0.460 e. The van der Waals surface area contributed by atoms with Gasteiger partial charge >= 0.3 is 29.9 Å². The normalized spacial score (nSPS) is 16.7. The third kappa shape index (κ3) is 3.87. The Morgan fingerprint density at radius 1 is 0.969 bits per heavy atom. The molecule has 0 fully saturated rings. The Hall–Kier alpha value is -2.54. The lowest BCUT2D eigenvalue weighted by atomic mass is 9.89. The number of ether oxygens (including phenoxy) is 2. The lowest BCUT2D eigenvalue weighted by molar-refractivity contribution is -0.399. The maximum atomic E-state index is 14.3. The van der Waals surface area contributed by atoms with Crippen LogP contribution in [0.5, 0.6) is 5.75 Å². The Morgan fingerprint density at radius 3 is 2.00 bits per heavy atom. The van der Waals surface area contributed by atoms with Gasteiger partial charge in [-0.1, -0.05) is 0 Å². The van der Waals surface area contributed by atoms with Crippen molar-refractivity contribution in [1.82, 2.24) is 0 Å². The third-order valence-electron chi connectivity index (χ3n) is 4.45. The molecule has 1 aromatic carbocycles. The van der Waals surface area contributed by atoms with Crippen molar-refractivity contribution in [2.45, 2.75) is 36.5 Å². The van der Waals surface area contributed by atoms with E-state index in [0.717, 1.165) is 0 Å². The number of hydrogen-bond donors (Lipinski definition) is 0. The molecule has 0 saturated heterocycles. The Morgan fingerprint density at radius 2 is 1.53 bits per heavy atom. The van der Waals surface area contributed by atoms with Gasteiger partial charge in [-0.05, 0) is 31.2 Å². The zero-order valence-corrected chi connectivity index (χ0v) is 15.8. The van der Waals surface area contributed by atoms with E-state index in [1.807, 2.05) is 0 Å². The molecule has 0 saturated carbocycles. The van der Waals surface area contributed by atoms with Gasteiger partial charge in [0.05, 0.1) is 12.2 Å². The summed E-state index contributed by atoms with van der Waals surface area (Å²) < 4.78 is 156. The smallest absolute Gasteiger partial charge is 0.460 e. The van der Waals surface area contributed by atoms with Crippen molar-refractivity contribution in [3.05, 3.63) is 35.4 Å². The zero-order valence-electron chi connectivity index (χ0n) is 15.8. The molecule has 0 N–H and O–H groups in total. The van der Waals surface area contributed by atoms with Crippen LogP contribution in [-0.2, 0) is 15.5 Å². The van der Waals surface area contributed by atoms with Crippen molar-refractivity contribution in [2.75, 3.05) is 20.0 Å². The number of carbonyl (C=O) groups is 1. The molecular weight excluding hydrogens is 473 g/mol. The van der Waals surface area contributed by atoms with E-state index >= 15 is 0 Å². The van der Waals surface area contributed by atoms with E-state index in [2.05, 4.69) is 4.74 Å². The average Bonchev–Trinajstić information content (AvgIpc) is 2.71. The molecule has 0 aromatic heterocycles. The van der Waals surface area contributed by atoms with Crippen LogP contribution in [-0.4, -0.2) is 49.5 Å². The number of fused-ring (bicyclic) bond motifs is 1. The molecule has 32 heavy (non-hydrogen) atoms. The summed E-state index contributed by atoms with van der Waals surface area (Å²) in [7, 11) is 0. The summed E-state index contributed by atoms with van der Waals surface area (Å²) >= 11 is 0. The van der Waals surface area contributed by atoms with Crippen LogP contribution in [0, 0.1) is 0 Å². The van der Waals surface area contributed by atoms with E-state index in [-0.39, 0.29) is 18.7 Å². The van der Waals surface area contributed by atoms with Crippen molar-refractivity contribution in [3.8, 4) is 5.75 Å². The van der Waals surface area contributed by atoms with Gasteiger partial charge in [0, 0.05) is 11.1 Å². The first-order valence-corrected chi connectivity index (χ1v) is 8.57. The fourth-order valence-electron chi connectivity index (χ4n) is 2.72. The number of esters is 1. The number of carbonyl (C=O) groups excluding carboxylic acids is 1. The van der Waals surface area contributed by atoms with Crippen LogP contribution in [0.1, 0.15) is 18.1 Å². The van der Waals surface area contributed by atoms with Gasteiger partial charge in [-0.3, -0.25) is 0 Å². The Bertz CT molecular complexity index is 902. The van der Waals surface area contributed by atoms with Crippen LogP contribution in [0.2, 0.25) is 0 Å². The Labute approximate surface area is 172 Å². The van der Waals surface area contributed by atoms with Crippen LogP contribution >= 0.6 is 0 Å². The summed E-state index contributed by atoms with van der Waals surface area (Å²) in [5, 5.41) is 0. The Balaban J connectivity index is 2.68. The monoisotopic (exact) mass is 486 g/mol. The predicted molar refractivity (Wildman–Crippen MR) is 86.2 cm³/mol. The van der Waals surface area contributed by atoms with E-state index in [0.29, 0.717) is 12.1 Å². The quantitative estimate of drug-likeness (QED) is 0.371. The molecule has 0 aliphatic carbocycles. The van der Waals surface area contributed by atoms with Gasteiger partial charge in [0.15, 0.2) is 5.60 Å². The van der Waals surface area contributed by atoms with E-state index in [4.69, 9.17) is 4.74 Å². The van der Waals surface area contributed by atoms with Crippen LogP contribution in [0.4, 0.5) is 48.3 Å². The predicted octanol–water partition coefficient (Wildman–Crippen LogP) is 5.63. The number of hydrogen-bond acceptors (Lipinski definition) is 3. The lowest BCUT2D eigenvalue weighted by Gasteiger charge is -2.35. The largest absolute Gasteiger partial charge is 0.477 e. The molecule has 1 aliphatic heterocycles. The topological polar surface area (TPSA) is 35.5 Å². The van der Waals surface area contributed by atoms with Gasteiger partial charge in [-0.2, -0.15) is 39.5 Å². The highest BCUT2D eigenvalue weighted by molar-refractivity contribution is 6.18. The number of alkyl halides is 11. The zero-order chi connectivity index (χ0) is 24.8. The maximum absolute atomic E-state index is 14.3. The van der Waals surface area contributed by atoms with Crippen molar-refractivity contribution < 1.29 is 62.6 Å². The molecule has 3 nitrogen and oxygen atoms in total. The summed E-state index contributed by atoms with van der Waals surface area (Å²) in [4.78, 5) is 12.1. The molecule has 0 radical (unpaired) electrons. The molecular formula is C18H13F11O3. The fraction of sp³-hybridized carbons (Fsp3) is 0.500. The standard InChI is InChI=1S/C18H13F11O3/c1-2-31-13(30)11-6-14(7-19,8-20)32-12-4-3-9(5-10(11)12)15(21,22)16(23,24)17(25,26)18(27,28)29/h3-6H,2,7-8H2,1H3. The minimum atomic E-state index is -7.13. The van der Waals surface area contributed by atoms with Crippen molar-refractivity contribution in [3.63, 3.8) is 0 Å². The minimum absolute atomic E-state index is 0.00845. The molecule has 14 heteroatoms. The second-order valence-corrected chi connectivity index (χ2v) is 6.64. The lowest BCUT2D eigenvalue weighted by Crippen LogP contribution is -2.59. The molecule has 1 heterocycles. The Kier molecular flexibility index (Phi) is 6.51. The summed E-state index contributed by atoms with van der Waals surface area (Å²) in [6.07, 6.45) is -6.53. The number of benzene rings is 1. The molecule has 180 valence electrons. The highest BCUT2D eigenvalue weighted by Gasteiger charge is 2.82. The molecule has 0 atom stereocenters. The molecule has 0 spiro atoms. The van der Waals surface area contributed by atoms with E-state index in [1.165, 1.54) is 6.92 Å². The fourth-order valence-corrected chi connectivity index (χ4v) is 2.72. The van der Waals surface area contributed by atoms with Crippen LogP contribution in [0.3, 0.4) is 0 Å². The molecule has 0 unspecified atom stereocenters. The van der Waals surface area contributed by atoms with Crippen LogP contribution in [0.25, 0.3) is 5.57 Å². The average molecular weight is 486 g/mol. The van der Waals surface area contributed by atoms with Gasteiger partial charge in [0.1, 0.15) is 19.1 Å². The van der Waals surface area contributed by atoms with E-state index in [1.54, 1.807) is 0 Å². The molecule has 1 aromatic rings. The highest BCUT2D eigenvalue weighted by Crippen LogP contribution is 2.57. The van der Waals surface area contributed by atoms with Crippen LogP contribution < -0.4 is 4.74 Å². The molecule has 2 rings (SSSR count). The summed E-state index contributed by atoms with van der Waals surface area (Å²) in [6, 6.07) is 0.375. The summed E-state index contributed by atoms with van der Waals surface area (Å²) in [5.41, 5.74) is -6.12. The first kappa shape index (κ1) is 25.7. The molecule has 0 amide bonds. The van der Waals surface area contributed by atoms with Gasteiger partial charge in [0.25, 0.3) is 0 Å². The van der Waals surface area contributed by atoms with Gasteiger partial charge in [0.2, 0.25) is 0 Å². The van der Waals surface area contributed by atoms with E-state index in [9.17, 15) is 53.1 Å².